The van der Waals surface area contributed by atoms with E-state index in [1.807, 2.05) is 0 Å². The normalized spacial score (nSPS) is 13.2. The highest BCUT2D eigenvalue weighted by molar-refractivity contribution is 4.58. The minimum atomic E-state index is -0.412. The largest absolute Gasteiger partial charge is 0.389 e. The van der Waals surface area contributed by atoms with Gasteiger partial charge in [-0.2, -0.15) is 0 Å². The van der Waals surface area contributed by atoms with Crippen molar-refractivity contribution in [2.24, 2.45) is 5.92 Å². The van der Waals surface area contributed by atoms with E-state index in [1.54, 1.807) is 0 Å². The molecule has 0 bridgehead atoms. The molecular formula is C14H31NO3. The highest BCUT2D eigenvalue weighted by atomic mass is 16.5. The topological polar surface area (TPSA) is 50.7 Å². The van der Waals surface area contributed by atoms with Crippen LogP contribution in [0.4, 0.5) is 0 Å². The average Bonchev–Trinajstić information content (AvgIpc) is 2.32. The number of nitrogens with one attached hydrogen (secondary N) is 1. The van der Waals surface area contributed by atoms with Crippen molar-refractivity contribution < 1.29 is 14.6 Å². The molecule has 18 heavy (non-hydrogen) atoms. The average molecular weight is 261 g/mol. The first-order valence-electron chi connectivity index (χ1n) is 7.21. The van der Waals surface area contributed by atoms with Gasteiger partial charge in [0, 0.05) is 26.4 Å². The molecule has 0 aromatic carbocycles. The Balaban J connectivity index is 3.12. The summed E-state index contributed by atoms with van der Waals surface area (Å²) in [6, 6.07) is 0. The number of aliphatic hydroxyl groups excluding tert-OH is 1. The van der Waals surface area contributed by atoms with E-state index in [4.69, 9.17) is 9.47 Å². The van der Waals surface area contributed by atoms with Crippen LogP contribution in [-0.2, 0) is 9.47 Å². The zero-order valence-electron chi connectivity index (χ0n) is 12.3. The molecule has 0 aromatic heterocycles. The van der Waals surface area contributed by atoms with Crippen molar-refractivity contribution in [2.45, 2.75) is 46.1 Å². The van der Waals surface area contributed by atoms with Gasteiger partial charge in [-0.05, 0) is 25.3 Å². The highest BCUT2D eigenvalue weighted by Gasteiger charge is 2.04. The summed E-state index contributed by atoms with van der Waals surface area (Å²) in [6.07, 6.45) is 2.90. The van der Waals surface area contributed by atoms with Crippen LogP contribution < -0.4 is 5.32 Å². The molecule has 0 rings (SSSR count). The standard InChI is InChI=1S/C14H31NO3/c1-4-5-8-17-9-6-7-15-10-14(16)12-18-11-13(2)3/h13-16H,4-12H2,1-3H3. The van der Waals surface area contributed by atoms with Crippen molar-refractivity contribution in [3.63, 3.8) is 0 Å². The molecule has 0 aliphatic heterocycles. The fourth-order valence-electron chi connectivity index (χ4n) is 1.42. The van der Waals surface area contributed by atoms with Gasteiger partial charge >= 0.3 is 0 Å². The molecule has 0 saturated heterocycles. The maximum Gasteiger partial charge on any atom is 0.0897 e. The fourth-order valence-corrected chi connectivity index (χ4v) is 1.42. The summed E-state index contributed by atoms with van der Waals surface area (Å²) in [5.74, 6) is 0.519. The van der Waals surface area contributed by atoms with E-state index in [9.17, 15) is 5.11 Å². The molecule has 0 radical (unpaired) electrons. The van der Waals surface area contributed by atoms with Gasteiger partial charge in [0.1, 0.15) is 0 Å². The Labute approximate surface area is 112 Å². The second-order valence-electron chi connectivity index (χ2n) is 5.11. The van der Waals surface area contributed by atoms with Crippen LogP contribution in [0.2, 0.25) is 0 Å². The molecule has 0 aliphatic carbocycles. The first-order chi connectivity index (χ1) is 8.66. The van der Waals surface area contributed by atoms with Crippen molar-refractivity contribution in [1.82, 2.24) is 5.32 Å². The van der Waals surface area contributed by atoms with Crippen LogP contribution in [0.1, 0.15) is 40.0 Å². The minimum absolute atomic E-state index is 0.412. The third kappa shape index (κ3) is 13.9. The molecule has 0 saturated carbocycles. The molecule has 0 fully saturated rings. The molecule has 1 atom stereocenters. The van der Waals surface area contributed by atoms with Gasteiger partial charge in [0.05, 0.1) is 12.7 Å². The minimum Gasteiger partial charge on any atom is -0.389 e. The van der Waals surface area contributed by atoms with E-state index in [1.165, 1.54) is 6.42 Å². The number of aliphatic hydroxyl groups is 1. The van der Waals surface area contributed by atoms with Gasteiger partial charge in [-0.25, -0.2) is 0 Å². The van der Waals surface area contributed by atoms with Crippen molar-refractivity contribution in [3.05, 3.63) is 0 Å². The van der Waals surface area contributed by atoms with Gasteiger partial charge in [-0.15, -0.1) is 0 Å². The van der Waals surface area contributed by atoms with E-state index in [0.29, 0.717) is 25.7 Å². The number of hydrogen-bond donors (Lipinski definition) is 2. The Morgan fingerprint density at radius 1 is 1.06 bits per heavy atom. The van der Waals surface area contributed by atoms with E-state index in [0.717, 1.165) is 32.6 Å². The molecule has 0 heterocycles. The lowest BCUT2D eigenvalue weighted by atomic mass is 10.2. The number of ether oxygens (including phenoxy) is 2. The fraction of sp³-hybridized carbons (Fsp3) is 1.00. The molecule has 0 spiro atoms. The second kappa shape index (κ2) is 13.3. The first-order valence-corrected chi connectivity index (χ1v) is 7.21. The zero-order chi connectivity index (χ0) is 13.6. The summed E-state index contributed by atoms with van der Waals surface area (Å²) in [5.41, 5.74) is 0. The van der Waals surface area contributed by atoms with E-state index in [-0.39, 0.29) is 0 Å². The van der Waals surface area contributed by atoms with Gasteiger partial charge in [0.15, 0.2) is 0 Å². The Morgan fingerprint density at radius 3 is 2.44 bits per heavy atom. The van der Waals surface area contributed by atoms with Crippen molar-refractivity contribution >= 4 is 0 Å². The second-order valence-corrected chi connectivity index (χ2v) is 5.11. The van der Waals surface area contributed by atoms with Crippen LogP contribution in [0.5, 0.6) is 0 Å². The monoisotopic (exact) mass is 261 g/mol. The van der Waals surface area contributed by atoms with Crippen molar-refractivity contribution in [2.75, 3.05) is 39.5 Å². The number of hydrogen-bond acceptors (Lipinski definition) is 4. The van der Waals surface area contributed by atoms with Crippen molar-refractivity contribution in [3.8, 4) is 0 Å². The van der Waals surface area contributed by atoms with Crippen LogP contribution in [0.3, 0.4) is 0 Å². The third-order valence-corrected chi connectivity index (χ3v) is 2.43. The molecule has 0 aliphatic rings. The Bertz CT molecular complexity index is 165. The molecule has 0 aromatic rings. The molecule has 0 amide bonds. The first kappa shape index (κ1) is 17.8. The van der Waals surface area contributed by atoms with Crippen LogP contribution in [0, 0.1) is 5.92 Å². The zero-order valence-corrected chi connectivity index (χ0v) is 12.3. The summed E-state index contributed by atoms with van der Waals surface area (Å²) in [6.45, 7) is 10.6. The molecule has 1 unspecified atom stereocenters. The van der Waals surface area contributed by atoms with Gasteiger partial charge in [0.2, 0.25) is 0 Å². The molecule has 110 valence electrons. The molecular weight excluding hydrogens is 230 g/mol. The number of rotatable bonds is 13. The Kier molecular flexibility index (Phi) is 13.2. The number of unbranched alkanes of at least 4 members (excludes halogenated alkanes) is 1. The van der Waals surface area contributed by atoms with E-state index in [2.05, 4.69) is 26.1 Å². The predicted molar refractivity (Wildman–Crippen MR) is 74.9 cm³/mol. The molecule has 4 nitrogen and oxygen atoms in total. The molecule has 4 heteroatoms. The lowest BCUT2D eigenvalue weighted by Crippen LogP contribution is -2.31. The van der Waals surface area contributed by atoms with Gasteiger partial charge < -0.3 is 19.9 Å². The quantitative estimate of drug-likeness (QED) is 0.497. The summed E-state index contributed by atoms with van der Waals surface area (Å²) >= 11 is 0. The SMILES string of the molecule is CCCCOCCCNCC(O)COCC(C)C. The predicted octanol–water partition coefficient (Wildman–Crippen LogP) is 1.82. The van der Waals surface area contributed by atoms with Crippen LogP contribution in [-0.4, -0.2) is 50.7 Å². The Hall–Kier alpha value is -0.160. The van der Waals surface area contributed by atoms with Crippen LogP contribution in [0.25, 0.3) is 0 Å². The maximum absolute atomic E-state index is 9.62. The van der Waals surface area contributed by atoms with E-state index < -0.39 is 6.10 Å². The third-order valence-electron chi connectivity index (χ3n) is 2.43. The summed E-state index contributed by atoms with van der Waals surface area (Å²) in [5, 5.41) is 12.8. The van der Waals surface area contributed by atoms with Gasteiger partial charge in [0.25, 0.3) is 0 Å². The lowest BCUT2D eigenvalue weighted by molar-refractivity contribution is 0.0259. The van der Waals surface area contributed by atoms with Crippen LogP contribution in [0.15, 0.2) is 0 Å². The van der Waals surface area contributed by atoms with Crippen molar-refractivity contribution in [1.29, 1.82) is 0 Å². The molecule has 2 N–H and O–H groups in total. The van der Waals surface area contributed by atoms with Gasteiger partial charge in [-0.1, -0.05) is 27.2 Å². The Morgan fingerprint density at radius 2 is 1.78 bits per heavy atom. The smallest absolute Gasteiger partial charge is 0.0897 e. The summed E-state index contributed by atoms with van der Waals surface area (Å²) < 4.78 is 10.8. The highest BCUT2D eigenvalue weighted by Crippen LogP contribution is 1.94. The summed E-state index contributed by atoms with van der Waals surface area (Å²) in [4.78, 5) is 0. The lowest BCUT2D eigenvalue weighted by Gasteiger charge is -2.13. The van der Waals surface area contributed by atoms with Crippen LogP contribution >= 0.6 is 0 Å². The van der Waals surface area contributed by atoms with E-state index >= 15 is 0 Å². The summed E-state index contributed by atoms with van der Waals surface area (Å²) in [7, 11) is 0. The maximum atomic E-state index is 9.62. The van der Waals surface area contributed by atoms with Gasteiger partial charge in [-0.3, -0.25) is 0 Å².